The summed E-state index contributed by atoms with van der Waals surface area (Å²) in [6, 6.07) is 0. The molecule has 0 aliphatic rings. The van der Waals surface area contributed by atoms with Crippen molar-refractivity contribution in [2.75, 3.05) is 0 Å². The monoisotopic (exact) mass is 188 g/mol. The number of quaternary nitrogens is 1. The van der Waals surface area contributed by atoms with E-state index in [1.165, 1.54) is 0 Å². The van der Waals surface area contributed by atoms with Crippen LogP contribution in [0.4, 0.5) is 0 Å². The van der Waals surface area contributed by atoms with Crippen molar-refractivity contribution in [2.24, 2.45) is 0 Å². The van der Waals surface area contributed by atoms with Gasteiger partial charge in [-0.05, 0) is 0 Å². The van der Waals surface area contributed by atoms with Crippen LogP contribution in [0.2, 0.25) is 0 Å². The zero-order chi connectivity index (χ0) is 4.50. The summed E-state index contributed by atoms with van der Waals surface area (Å²) in [6.45, 7) is 0. The molecule has 0 aromatic carbocycles. The maximum atomic E-state index is 8.55. The average molecular weight is 188 g/mol. The summed E-state index contributed by atoms with van der Waals surface area (Å²) in [7, 11) is -5.39. The molecule has 0 bridgehead atoms. The van der Waals surface area contributed by atoms with Crippen LogP contribution >= 0.6 is 7.82 Å². The first-order valence-corrected chi connectivity index (χ1v) is 2.19. The van der Waals surface area contributed by atoms with Gasteiger partial charge in [0, 0.05) is 17.1 Å². The van der Waals surface area contributed by atoms with Gasteiger partial charge in [-0.3, -0.25) is 0 Å². The van der Waals surface area contributed by atoms with Gasteiger partial charge in [0.2, 0.25) is 0 Å². The minimum absolute atomic E-state index is 0. The maximum Gasteiger partial charge on any atom is 0 e. The molecule has 0 radical (unpaired) electrons. The smallest absolute Gasteiger partial charge is 0 e. The summed E-state index contributed by atoms with van der Waals surface area (Å²) >= 11 is 0. The summed E-state index contributed by atoms with van der Waals surface area (Å²) in [4.78, 5) is 25.6. The molecule has 0 aliphatic heterocycles. The van der Waals surface area contributed by atoms with Crippen molar-refractivity contribution in [1.82, 2.24) is 6.15 Å². The third-order valence-electron chi connectivity index (χ3n) is 0. The minimum atomic E-state index is -5.39. The van der Waals surface area contributed by atoms with Crippen molar-refractivity contribution in [3.63, 3.8) is 0 Å². The first-order valence-electron chi connectivity index (χ1n) is 0.730. The van der Waals surface area contributed by atoms with E-state index < -0.39 is 7.82 Å². The van der Waals surface area contributed by atoms with Crippen LogP contribution in [0.3, 0.4) is 0 Å². The largest absolute Gasteiger partial charge is 1.00 e. The second kappa shape index (κ2) is 7.52. The van der Waals surface area contributed by atoms with Crippen LogP contribution in [0, 0.1) is 0 Å². The maximum absolute atomic E-state index is 8.55. The third kappa shape index (κ3) is 736. The van der Waals surface area contributed by atoms with Crippen molar-refractivity contribution in [3.8, 4) is 0 Å². The molecule has 0 saturated carbocycles. The van der Waals surface area contributed by atoms with Crippen molar-refractivity contribution in [3.05, 3.63) is 0 Å². The van der Waals surface area contributed by atoms with E-state index in [1.807, 2.05) is 0 Å². The quantitative estimate of drug-likeness (QED) is 0.300. The molecule has 5 nitrogen and oxygen atoms in total. The van der Waals surface area contributed by atoms with E-state index in [-0.39, 0.29) is 27.9 Å². The molecule has 0 spiro atoms. The van der Waals surface area contributed by atoms with E-state index in [1.54, 1.807) is 0 Å². The molecule has 0 saturated heterocycles. The van der Waals surface area contributed by atoms with Crippen LogP contribution in [0.5, 0.6) is 0 Å². The Hall–Kier alpha value is 0.519. The Balaban J connectivity index is -0.0000000267. The molecular weight excluding hydrogens is 184 g/mol. The minimum Gasteiger partial charge on any atom is -1.00 e. The van der Waals surface area contributed by atoms with Crippen LogP contribution in [-0.4, -0.2) is 0 Å². The zero-order valence-corrected chi connectivity index (χ0v) is 5.81. The predicted octanol–water partition coefficient (Wildman–Crippen LogP) is -5.45. The molecule has 0 amide bonds. The summed E-state index contributed by atoms with van der Waals surface area (Å²) in [5.74, 6) is 0. The van der Waals surface area contributed by atoms with Crippen molar-refractivity contribution >= 4 is 7.82 Å². The van der Waals surface area contributed by atoms with Gasteiger partial charge in [0.15, 0.2) is 0 Å². The Morgan fingerprint density at radius 1 is 1.12 bits per heavy atom. The van der Waals surface area contributed by atoms with E-state index in [9.17, 15) is 0 Å². The van der Waals surface area contributed by atoms with E-state index in [0.29, 0.717) is 0 Å². The molecule has 0 aromatic rings. The Morgan fingerprint density at radius 2 is 1.12 bits per heavy atom. The first-order chi connectivity index (χ1) is 2.00. The first kappa shape index (κ1) is 23.6. The summed E-state index contributed by atoms with van der Waals surface area (Å²) in [5, 5.41) is 0. The number of hydrogen-bond acceptors (Lipinski definition) is 4. The van der Waals surface area contributed by atoms with Crippen LogP contribution in [0.1, 0.15) is 0 Å². The molecule has 8 heteroatoms. The molecule has 0 fully saturated rings. The summed E-state index contributed by atoms with van der Waals surface area (Å²) < 4.78 is 8.55. The Morgan fingerprint density at radius 3 is 1.12 bits per heavy atom. The zero-order valence-electron chi connectivity index (χ0n) is 3.81. The Labute approximate surface area is 55.8 Å². The van der Waals surface area contributed by atoms with E-state index in [4.69, 9.17) is 19.2 Å². The molecule has 8 heavy (non-hydrogen) atoms. The van der Waals surface area contributed by atoms with E-state index in [0.717, 1.165) is 0 Å². The standard InChI is InChI=1S/FH.Fe.H3N.H3O4P/c;;;1-5(2,3)4/h1H;;1H3;(H3,1,2,3,4)/p-3. The molecule has 0 unspecified atom stereocenters. The molecule has 0 atom stereocenters. The van der Waals surface area contributed by atoms with E-state index >= 15 is 0 Å². The fourth-order valence-corrected chi connectivity index (χ4v) is 0. The molecular formula is H4FFeNO4P-3. The van der Waals surface area contributed by atoms with Gasteiger partial charge in [0.25, 0.3) is 0 Å². The van der Waals surface area contributed by atoms with Gasteiger partial charge in [0.05, 0.1) is 0 Å². The normalized spacial score (nSPS) is 7.38. The fourth-order valence-electron chi connectivity index (χ4n) is 0. The average Bonchev–Trinajstić information content (AvgIpc) is 0.722. The van der Waals surface area contributed by atoms with Gasteiger partial charge >= 0.3 is 0 Å². The third-order valence-corrected chi connectivity index (χ3v) is 0. The van der Waals surface area contributed by atoms with Gasteiger partial charge < -0.3 is 30.1 Å². The Kier molecular flexibility index (Phi) is 22.2. The SMILES string of the molecule is O=P([O-])([O-])[O-].[F-].[Fe].[NH4+]. The van der Waals surface area contributed by atoms with Gasteiger partial charge in [0.1, 0.15) is 0 Å². The number of halogens is 1. The van der Waals surface area contributed by atoms with Crippen molar-refractivity contribution in [2.45, 2.75) is 0 Å². The predicted molar refractivity (Wildman–Crippen MR) is 13.6 cm³/mol. The van der Waals surface area contributed by atoms with Crippen LogP contribution in [0.15, 0.2) is 0 Å². The molecule has 0 heterocycles. The van der Waals surface area contributed by atoms with Crippen LogP contribution < -0.4 is 25.5 Å². The fraction of sp³-hybridized carbons (Fsp3) is 0. The second-order valence-corrected chi connectivity index (χ2v) is 1.34. The molecule has 4 N–H and O–H groups in total. The molecule has 0 aromatic heterocycles. The summed E-state index contributed by atoms with van der Waals surface area (Å²) in [6.07, 6.45) is 0. The van der Waals surface area contributed by atoms with Crippen LogP contribution in [0.25, 0.3) is 0 Å². The number of rotatable bonds is 0. The molecule has 0 rings (SSSR count). The summed E-state index contributed by atoms with van der Waals surface area (Å²) in [5.41, 5.74) is 0. The Bertz CT molecular complexity index is 62.2. The van der Waals surface area contributed by atoms with E-state index in [2.05, 4.69) is 0 Å². The van der Waals surface area contributed by atoms with Gasteiger partial charge in [-0.15, -0.1) is 0 Å². The number of phosphoric acid groups is 1. The van der Waals surface area contributed by atoms with Crippen molar-refractivity contribution < 1.29 is 41.0 Å². The topological polar surface area (TPSA) is 123 Å². The molecule has 0 aliphatic carbocycles. The van der Waals surface area contributed by atoms with Crippen LogP contribution in [-0.2, 0) is 21.6 Å². The van der Waals surface area contributed by atoms with Gasteiger partial charge in [-0.25, -0.2) is 0 Å². The number of hydrogen-bond donors (Lipinski definition) is 1. The van der Waals surface area contributed by atoms with Gasteiger partial charge in [-0.1, -0.05) is 0 Å². The second-order valence-electron chi connectivity index (χ2n) is 0.447. The molecule has 56 valence electrons. The van der Waals surface area contributed by atoms with Crippen molar-refractivity contribution in [1.29, 1.82) is 0 Å². The van der Waals surface area contributed by atoms with Gasteiger partial charge in [-0.2, -0.15) is 7.82 Å².